The van der Waals surface area contributed by atoms with Gasteiger partial charge in [-0.05, 0) is 116 Å². The molecule has 464 valence electrons. The van der Waals surface area contributed by atoms with Crippen LogP contribution in [0.15, 0.2) is 109 Å². The van der Waals surface area contributed by atoms with Crippen LogP contribution in [-0.2, 0) is 28.6 Å². The second-order valence-electron chi connectivity index (χ2n) is 22.7. The third kappa shape index (κ3) is 66.8. The average Bonchev–Trinajstić information content (AvgIpc) is 3.46. The Morgan fingerprint density at radius 2 is 0.506 bits per heavy atom. The van der Waals surface area contributed by atoms with Crippen LogP contribution in [0.2, 0.25) is 0 Å². The van der Waals surface area contributed by atoms with Crippen molar-refractivity contribution < 1.29 is 28.6 Å². The highest BCUT2D eigenvalue weighted by Gasteiger charge is 2.19. The Balaban J connectivity index is 4.25. The summed E-state index contributed by atoms with van der Waals surface area (Å²) in [6, 6.07) is 0. The lowest BCUT2D eigenvalue weighted by molar-refractivity contribution is -0.166. The van der Waals surface area contributed by atoms with Crippen LogP contribution in [0, 0.1) is 0 Å². The van der Waals surface area contributed by atoms with Crippen LogP contribution in [0.1, 0.15) is 329 Å². The molecule has 1 unspecified atom stereocenters. The molecule has 0 amide bonds. The molecule has 6 nitrogen and oxygen atoms in total. The summed E-state index contributed by atoms with van der Waals surface area (Å²) in [5.74, 6) is -0.981. The van der Waals surface area contributed by atoms with E-state index in [1.807, 2.05) is 6.08 Å². The highest BCUT2D eigenvalue weighted by Crippen LogP contribution is 2.17. The SMILES string of the molecule is CC/C=C\C/C=C\C/C=C\C/C=C\CCC(=O)OCC(COC(=O)CCCCCCCCCCCCCCCCCC/C=C\C/C=C\C/C=C\CCCCCCC)OC(=O)CCCCCCCCCCC/C=C\C/C=C\CCCCC. The second-order valence-corrected chi connectivity index (χ2v) is 22.7. The van der Waals surface area contributed by atoms with Crippen LogP contribution in [0.3, 0.4) is 0 Å². The standard InChI is InChI=1S/C75H128O6/c1-4-7-10-13-16-19-22-25-27-29-31-32-33-34-35-36-37-38-39-40-41-42-44-45-47-50-53-56-59-62-65-68-74(77)80-71-72(70-79-73(76)67-64-61-58-55-52-49-24-21-18-15-12-9-6-3)81-75(78)69-66-63-60-57-54-51-48-46-43-30-28-26-23-20-17-14-11-8-5-2/h9,12,17-18,20-22,25-26,28-29,31,33-34,49,52,58,61,72H,4-8,10-11,13-16,19,23-24,27,30,32,35-48,50-51,53-57,59-60,62-71H2,1-3H3/b12-9-,20-17-,21-18-,25-22-,28-26-,31-29-,34-33-,52-49-,61-58-. The van der Waals surface area contributed by atoms with Gasteiger partial charge in [-0.25, -0.2) is 0 Å². The van der Waals surface area contributed by atoms with Gasteiger partial charge in [0.15, 0.2) is 6.10 Å². The summed E-state index contributed by atoms with van der Waals surface area (Å²) in [6.07, 6.45) is 94.2. The van der Waals surface area contributed by atoms with Gasteiger partial charge in [0, 0.05) is 19.3 Å². The maximum Gasteiger partial charge on any atom is 0.306 e. The molecule has 0 radical (unpaired) electrons. The molecule has 81 heavy (non-hydrogen) atoms. The fourth-order valence-electron chi connectivity index (χ4n) is 9.61. The Morgan fingerprint density at radius 1 is 0.259 bits per heavy atom. The first-order chi connectivity index (χ1) is 40.0. The molecule has 0 aromatic heterocycles. The Morgan fingerprint density at radius 3 is 0.852 bits per heavy atom. The van der Waals surface area contributed by atoms with Crippen LogP contribution in [-0.4, -0.2) is 37.2 Å². The van der Waals surface area contributed by atoms with Crippen molar-refractivity contribution in [2.45, 2.75) is 335 Å². The summed E-state index contributed by atoms with van der Waals surface area (Å²) < 4.78 is 16.9. The second kappa shape index (κ2) is 68.6. The van der Waals surface area contributed by atoms with Gasteiger partial charge >= 0.3 is 17.9 Å². The Labute approximate surface area is 501 Å². The summed E-state index contributed by atoms with van der Waals surface area (Å²) in [4.78, 5) is 38.3. The van der Waals surface area contributed by atoms with Crippen LogP contribution in [0.25, 0.3) is 0 Å². The lowest BCUT2D eigenvalue weighted by Crippen LogP contribution is -2.30. The summed E-state index contributed by atoms with van der Waals surface area (Å²) >= 11 is 0. The normalized spacial score (nSPS) is 12.8. The van der Waals surface area contributed by atoms with E-state index in [0.29, 0.717) is 19.3 Å². The van der Waals surface area contributed by atoms with Gasteiger partial charge in [0.25, 0.3) is 0 Å². The summed E-state index contributed by atoms with van der Waals surface area (Å²) in [6.45, 7) is 6.45. The first-order valence-corrected chi connectivity index (χ1v) is 34.4. The molecule has 6 heteroatoms. The van der Waals surface area contributed by atoms with Crippen molar-refractivity contribution in [3.8, 4) is 0 Å². The van der Waals surface area contributed by atoms with Gasteiger partial charge in [-0.2, -0.15) is 0 Å². The van der Waals surface area contributed by atoms with Gasteiger partial charge in [-0.1, -0.05) is 304 Å². The van der Waals surface area contributed by atoms with E-state index in [0.717, 1.165) is 83.5 Å². The minimum atomic E-state index is -0.811. The number of allylic oxidation sites excluding steroid dienone is 18. The number of hydrogen-bond donors (Lipinski definition) is 0. The van der Waals surface area contributed by atoms with Crippen LogP contribution >= 0.6 is 0 Å². The van der Waals surface area contributed by atoms with E-state index in [1.54, 1.807) is 0 Å². The topological polar surface area (TPSA) is 78.9 Å². The molecule has 0 aromatic rings. The molecule has 0 spiro atoms. The molecule has 0 heterocycles. The maximum atomic E-state index is 12.9. The number of rotatable bonds is 62. The molecule has 0 fully saturated rings. The van der Waals surface area contributed by atoms with Crippen LogP contribution < -0.4 is 0 Å². The van der Waals surface area contributed by atoms with Gasteiger partial charge < -0.3 is 14.2 Å². The number of hydrogen-bond acceptors (Lipinski definition) is 6. The van der Waals surface area contributed by atoms with Crippen molar-refractivity contribution in [2.24, 2.45) is 0 Å². The van der Waals surface area contributed by atoms with Gasteiger partial charge in [-0.15, -0.1) is 0 Å². The summed E-state index contributed by atoms with van der Waals surface area (Å²) in [5.41, 5.74) is 0. The zero-order valence-electron chi connectivity index (χ0n) is 53.3. The van der Waals surface area contributed by atoms with E-state index in [2.05, 4.69) is 124 Å². The van der Waals surface area contributed by atoms with E-state index in [-0.39, 0.29) is 37.5 Å². The van der Waals surface area contributed by atoms with Crippen molar-refractivity contribution in [3.63, 3.8) is 0 Å². The average molecular weight is 1130 g/mol. The highest BCUT2D eigenvalue weighted by atomic mass is 16.6. The lowest BCUT2D eigenvalue weighted by atomic mass is 10.0. The quantitative estimate of drug-likeness (QED) is 0.0261. The first-order valence-electron chi connectivity index (χ1n) is 34.4. The smallest absolute Gasteiger partial charge is 0.306 e. The van der Waals surface area contributed by atoms with Crippen molar-refractivity contribution in [3.05, 3.63) is 109 Å². The molecule has 0 bridgehead atoms. The molecular formula is C75H128O6. The molecule has 0 N–H and O–H groups in total. The highest BCUT2D eigenvalue weighted by molar-refractivity contribution is 5.71. The number of esters is 3. The molecule has 0 aliphatic carbocycles. The molecule has 0 saturated carbocycles. The number of carbonyl (C=O) groups excluding carboxylic acids is 3. The molecule has 0 aromatic carbocycles. The third-order valence-electron chi connectivity index (χ3n) is 14.7. The first kappa shape index (κ1) is 77.1. The van der Waals surface area contributed by atoms with Crippen molar-refractivity contribution in [1.29, 1.82) is 0 Å². The van der Waals surface area contributed by atoms with Crippen molar-refractivity contribution in [2.75, 3.05) is 13.2 Å². The maximum absolute atomic E-state index is 12.9. The zero-order valence-corrected chi connectivity index (χ0v) is 53.3. The Hall–Kier alpha value is -3.93. The molecular weight excluding hydrogens is 997 g/mol. The van der Waals surface area contributed by atoms with E-state index in [1.165, 1.54) is 199 Å². The molecule has 1 atom stereocenters. The monoisotopic (exact) mass is 1120 g/mol. The lowest BCUT2D eigenvalue weighted by Gasteiger charge is -2.18. The molecule has 0 aliphatic rings. The van der Waals surface area contributed by atoms with Crippen molar-refractivity contribution >= 4 is 17.9 Å². The van der Waals surface area contributed by atoms with Crippen LogP contribution in [0.4, 0.5) is 0 Å². The summed E-state index contributed by atoms with van der Waals surface area (Å²) in [7, 11) is 0. The Bertz CT molecular complexity index is 1620. The van der Waals surface area contributed by atoms with Gasteiger partial charge in [-0.3, -0.25) is 14.4 Å². The van der Waals surface area contributed by atoms with E-state index in [9.17, 15) is 14.4 Å². The minimum absolute atomic E-state index is 0.101. The molecule has 0 rings (SSSR count). The van der Waals surface area contributed by atoms with Crippen LogP contribution in [0.5, 0.6) is 0 Å². The fourth-order valence-corrected chi connectivity index (χ4v) is 9.61. The third-order valence-corrected chi connectivity index (χ3v) is 14.7. The predicted octanol–water partition coefficient (Wildman–Crippen LogP) is 23.8. The molecule has 0 saturated heterocycles. The van der Waals surface area contributed by atoms with Crippen molar-refractivity contribution in [1.82, 2.24) is 0 Å². The number of carbonyl (C=O) groups is 3. The minimum Gasteiger partial charge on any atom is -0.462 e. The predicted molar refractivity (Wildman–Crippen MR) is 353 cm³/mol. The molecule has 0 aliphatic heterocycles. The number of unbranched alkanes of at least 4 members (excludes halogenated alkanes) is 33. The van der Waals surface area contributed by atoms with E-state index < -0.39 is 6.10 Å². The zero-order chi connectivity index (χ0) is 58.5. The van der Waals surface area contributed by atoms with E-state index in [4.69, 9.17) is 14.2 Å². The summed E-state index contributed by atoms with van der Waals surface area (Å²) in [5, 5.41) is 0. The fraction of sp³-hybridized carbons (Fsp3) is 0.720. The number of ether oxygens (including phenoxy) is 3. The van der Waals surface area contributed by atoms with Gasteiger partial charge in [0.05, 0.1) is 0 Å². The van der Waals surface area contributed by atoms with Gasteiger partial charge in [0.1, 0.15) is 13.2 Å². The largest absolute Gasteiger partial charge is 0.462 e. The van der Waals surface area contributed by atoms with Gasteiger partial charge in [0.2, 0.25) is 0 Å². The van der Waals surface area contributed by atoms with E-state index >= 15 is 0 Å². The Kier molecular flexibility index (Phi) is 65.2.